The highest BCUT2D eigenvalue weighted by molar-refractivity contribution is 7.89. The minimum absolute atomic E-state index is 0.0378. The fourth-order valence-electron chi connectivity index (χ4n) is 4.18. The predicted octanol–water partition coefficient (Wildman–Crippen LogP) is 1.86. The number of nitro groups is 1. The molecule has 3 rings (SSSR count). The number of likely N-dealkylation sites (tertiary alicyclic amines) is 1. The first-order valence-electron chi connectivity index (χ1n) is 10.4. The van der Waals surface area contributed by atoms with Crippen LogP contribution in [0.4, 0.5) is 5.69 Å². The molecule has 166 valence electrons. The maximum atomic E-state index is 13.0. The third-order valence-corrected chi connectivity index (χ3v) is 8.17. The number of benzene rings is 1. The Morgan fingerprint density at radius 3 is 2.43 bits per heavy atom. The molecule has 0 atom stereocenters. The summed E-state index contributed by atoms with van der Waals surface area (Å²) >= 11 is 0. The Morgan fingerprint density at radius 2 is 1.83 bits per heavy atom. The lowest BCUT2D eigenvalue weighted by molar-refractivity contribution is -0.385. The monoisotopic (exact) mass is 438 g/mol. The predicted molar refractivity (Wildman–Crippen MR) is 113 cm³/mol. The van der Waals surface area contributed by atoms with Crippen LogP contribution in [0.5, 0.6) is 0 Å². The van der Waals surface area contributed by atoms with Crippen molar-refractivity contribution < 1.29 is 18.1 Å². The molecule has 2 aliphatic rings. The summed E-state index contributed by atoms with van der Waals surface area (Å²) in [5.41, 5.74) is 0.226. The van der Waals surface area contributed by atoms with Crippen LogP contribution >= 0.6 is 0 Å². The van der Waals surface area contributed by atoms with E-state index in [-0.39, 0.29) is 35.5 Å². The Morgan fingerprint density at radius 1 is 1.20 bits per heavy atom. The van der Waals surface area contributed by atoms with E-state index in [1.807, 2.05) is 7.05 Å². The molecular formula is C20H30N4O5S. The first-order valence-corrected chi connectivity index (χ1v) is 11.9. The first-order chi connectivity index (χ1) is 14.2. The molecule has 2 fully saturated rings. The van der Waals surface area contributed by atoms with Gasteiger partial charge in [-0.1, -0.05) is 6.07 Å². The van der Waals surface area contributed by atoms with E-state index in [0.717, 1.165) is 25.7 Å². The number of hydrogen-bond donors (Lipinski definition) is 0. The number of carbonyl (C=O) groups is 1. The number of nitro benzene ring substituents is 1. The summed E-state index contributed by atoms with van der Waals surface area (Å²) in [5, 5.41) is 11.0. The summed E-state index contributed by atoms with van der Waals surface area (Å²) in [5.74, 6) is -0.121. The van der Waals surface area contributed by atoms with Gasteiger partial charge in [-0.2, -0.15) is 4.31 Å². The average Bonchev–Trinajstić information content (AvgIpc) is 3.25. The van der Waals surface area contributed by atoms with Gasteiger partial charge in [0.05, 0.1) is 9.82 Å². The van der Waals surface area contributed by atoms with Crippen LogP contribution in [0.25, 0.3) is 0 Å². The van der Waals surface area contributed by atoms with Crippen LogP contribution in [0.15, 0.2) is 23.1 Å². The van der Waals surface area contributed by atoms with E-state index in [2.05, 4.69) is 4.90 Å². The Labute approximate surface area is 177 Å². The lowest BCUT2D eigenvalue weighted by atomic mass is 9.97. The van der Waals surface area contributed by atoms with E-state index in [0.29, 0.717) is 24.9 Å². The van der Waals surface area contributed by atoms with Crippen molar-refractivity contribution in [1.29, 1.82) is 0 Å². The second-order valence-corrected chi connectivity index (χ2v) is 10.1. The van der Waals surface area contributed by atoms with E-state index >= 15 is 0 Å². The molecule has 2 saturated heterocycles. The second-order valence-electron chi connectivity index (χ2n) is 8.19. The average molecular weight is 439 g/mol. The highest BCUT2D eigenvalue weighted by Crippen LogP contribution is 2.28. The fraction of sp³-hybridized carbons (Fsp3) is 0.650. The van der Waals surface area contributed by atoms with Crippen LogP contribution in [0.2, 0.25) is 0 Å². The van der Waals surface area contributed by atoms with Gasteiger partial charge in [0.2, 0.25) is 15.9 Å². The molecule has 10 heteroatoms. The molecule has 1 amide bonds. The Kier molecular flexibility index (Phi) is 7.10. The molecule has 0 bridgehead atoms. The van der Waals surface area contributed by atoms with Crippen molar-refractivity contribution in [2.24, 2.45) is 5.92 Å². The van der Waals surface area contributed by atoms with Gasteiger partial charge in [0, 0.05) is 51.3 Å². The largest absolute Gasteiger partial charge is 0.344 e. The lowest BCUT2D eigenvalue weighted by Crippen LogP contribution is -2.44. The summed E-state index contributed by atoms with van der Waals surface area (Å²) in [6, 6.07) is 3.88. The van der Waals surface area contributed by atoms with Gasteiger partial charge < -0.3 is 9.80 Å². The van der Waals surface area contributed by atoms with Crippen molar-refractivity contribution in [2.75, 3.05) is 46.3 Å². The lowest BCUT2D eigenvalue weighted by Gasteiger charge is -2.33. The molecule has 30 heavy (non-hydrogen) atoms. The number of hydrogen-bond acceptors (Lipinski definition) is 6. The van der Waals surface area contributed by atoms with Gasteiger partial charge in [-0.15, -0.1) is 0 Å². The van der Waals surface area contributed by atoms with E-state index in [4.69, 9.17) is 0 Å². The fourth-order valence-corrected chi connectivity index (χ4v) is 5.90. The summed E-state index contributed by atoms with van der Waals surface area (Å²) in [7, 11) is -2.03. The zero-order valence-electron chi connectivity index (χ0n) is 17.6. The molecule has 0 aromatic heterocycles. The van der Waals surface area contributed by atoms with Crippen molar-refractivity contribution >= 4 is 21.6 Å². The molecule has 2 heterocycles. The molecule has 9 nitrogen and oxygen atoms in total. The number of aryl methyl sites for hydroxylation is 1. The normalized spacial score (nSPS) is 19.1. The number of amides is 1. The third kappa shape index (κ3) is 4.98. The summed E-state index contributed by atoms with van der Waals surface area (Å²) < 4.78 is 27.4. The van der Waals surface area contributed by atoms with Crippen LogP contribution < -0.4 is 0 Å². The molecule has 0 N–H and O–H groups in total. The smallest absolute Gasteiger partial charge is 0.270 e. The van der Waals surface area contributed by atoms with Crippen LogP contribution in [-0.2, 0) is 14.8 Å². The van der Waals surface area contributed by atoms with Crippen LogP contribution in [-0.4, -0.2) is 79.7 Å². The molecule has 2 aliphatic heterocycles. The minimum atomic E-state index is -3.84. The molecule has 0 unspecified atom stereocenters. The Balaban J connectivity index is 1.59. The van der Waals surface area contributed by atoms with Crippen molar-refractivity contribution in [3.63, 3.8) is 0 Å². The van der Waals surface area contributed by atoms with E-state index in [1.54, 1.807) is 11.8 Å². The van der Waals surface area contributed by atoms with Crippen molar-refractivity contribution in [3.8, 4) is 0 Å². The number of non-ortho nitro benzene ring substituents is 1. The number of rotatable bonds is 7. The summed E-state index contributed by atoms with van der Waals surface area (Å²) in [6.45, 7) is 5.85. The summed E-state index contributed by atoms with van der Waals surface area (Å²) in [4.78, 5) is 27.3. The van der Waals surface area contributed by atoms with Gasteiger partial charge in [0.15, 0.2) is 0 Å². The number of piperidine rings is 1. The van der Waals surface area contributed by atoms with E-state index in [9.17, 15) is 23.3 Å². The molecule has 0 spiro atoms. The molecule has 0 radical (unpaired) electrons. The number of sulfonamides is 1. The topological polar surface area (TPSA) is 104 Å². The molecular weight excluding hydrogens is 408 g/mol. The quantitative estimate of drug-likeness (QED) is 0.475. The standard InChI is InChI=1S/C20H30N4O5S/c1-16-5-6-18(24(26)27)15-19(16)30(28,29)23-11-7-17(8-12-23)20(25)21(2)13-14-22-9-3-4-10-22/h5-6,15,17H,3-4,7-14H2,1-2H3. The van der Waals surface area contributed by atoms with Crippen molar-refractivity contribution in [2.45, 2.75) is 37.5 Å². The van der Waals surface area contributed by atoms with Gasteiger partial charge in [-0.05, 0) is 51.3 Å². The van der Waals surface area contributed by atoms with E-state index < -0.39 is 14.9 Å². The zero-order chi connectivity index (χ0) is 21.9. The number of nitrogens with zero attached hydrogens (tertiary/aromatic N) is 4. The van der Waals surface area contributed by atoms with Gasteiger partial charge in [0.25, 0.3) is 5.69 Å². The second kappa shape index (κ2) is 9.40. The highest BCUT2D eigenvalue weighted by Gasteiger charge is 2.34. The van der Waals surface area contributed by atoms with Gasteiger partial charge in [0.1, 0.15) is 0 Å². The summed E-state index contributed by atoms with van der Waals surface area (Å²) in [6.07, 6.45) is 3.35. The number of carbonyl (C=O) groups excluding carboxylic acids is 1. The maximum absolute atomic E-state index is 13.0. The van der Waals surface area contributed by atoms with Crippen molar-refractivity contribution in [1.82, 2.24) is 14.1 Å². The molecule has 0 saturated carbocycles. The van der Waals surface area contributed by atoms with Crippen molar-refractivity contribution in [3.05, 3.63) is 33.9 Å². The molecule has 1 aromatic rings. The van der Waals surface area contributed by atoms with Crippen LogP contribution in [0.1, 0.15) is 31.2 Å². The Bertz CT molecular complexity index is 890. The van der Waals surface area contributed by atoms with Gasteiger partial charge in [-0.3, -0.25) is 14.9 Å². The van der Waals surface area contributed by atoms with E-state index in [1.165, 1.54) is 29.3 Å². The first kappa shape index (κ1) is 22.6. The van der Waals surface area contributed by atoms with Gasteiger partial charge >= 0.3 is 0 Å². The van der Waals surface area contributed by atoms with Crippen LogP contribution in [0, 0.1) is 23.0 Å². The highest BCUT2D eigenvalue weighted by atomic mass is 32.2. The SMILES string of the molecule is Cc1ccc([N+](=O)[O-])cc1S(=O)(=O)N1CCC(C(=O)N(C)CCN2CCCC2)CC1. The maximum Gasteiger partial charge on any atom is 0.270 e. The Hall–Kier alpha value is -2.04. The minimum Gasteiger partial charge on any atom is -0.344 e. The molecule has 1 aromatic carbocycles. The van der Waals surface area contributed by atoms with Crippen LogP contribution in [0.3, 0.4) is 0 Å². The zero-order valence-corrected chi connectivity index (χ0v) is 18.4. The third-order valence-electron chi connectivity index (χ3n) is 6.13. The molecule has 0 aliphatic carbocycles. The van der Waals surface area contributed by atoms with Gasteiger partial charge in [-0.25, -0.2) is 8.42 Å². The number of likely N-dealkylation sites (N-methyl/N-ethyl adjacent to an activating group) is 1.